The van der Waals surface area contributed by atoms with E-state index in [-0.39, 0.29) is 10.8 Å². The predicted molar refractivity (Wildman–Crippen MR) is 113 cm³/mol. The second kappa shape index (κ2) is 8.31. The van der Waals surface area contributed by atoms with E-state index in [4.69, 9.17) is 4.74 Å². The van der Waals surface area contributed by atoms with Crippen LogP contribution in [0, 0.1) is 0 Å². The van der Waals surface area contributed by atoms with E-state index in [2.05, 4.69) is 70.5 Å². The molecule has 1 aromatic carbocycles. The van der Waals surface area contributed by atoms with Gasteiger partial charge >= 0.3 is 0 Å². The molecule has 1 heterocycles. The van der Waals surface area contributed by atoms with Crippen LogP contribution in [0.15, 0.2) is 12.1 Å². The number of methoxy groups -OCH3 is 1. The van der Waals surface area contributed by atoms with Gasteiger partial charge in [0.2, 0.25) is 0 Å². The van der Waals surface area contributed by atoms with Gasteiger partial charge in [-0.15, -0.1) is 0 Å². The van der Waals surface area contributed by atoms with E-state index in [1.807, 2.05) is 7.11 Å². The average Bonchev–Trinajstić information content (AvgIpc) is 2.54. The van der Waals surface area contributed by atoms with Crippen molar-refractivity contribution in [3.63, 3.8) is 0 Å². The molecule has 0 bridgehead atoms. The molecule has 3 nitrogen and oxygen atoms in total. The monoisotopic (exact) mass is 360 g/mol. The van der Waals surface area contributed by atoms with E-state index in [1.165, 1.54) is 55.8 Å². The van der Waals surface area contributed by atoms with Crippen LogP contribution in [0.5, 0.6) is 5.75 Å². The Morgan fingerprint density at radius 3 is 2.04 bits per heavy atom. The lowest BCUT2D eigenvalue weighted by Gasteiger charge is -2.32. The molecule has 0 spiro atoms. The zero-order valence-electron chi connectivity index (χ0n) is 18.4. The molecular formula is C23H40N2O. The molecule has 0 aliphatic carbocycles. The van der Waals surface area contributed by atoms with Crippen molar-refractivity contribution in [2.75, 3.05) is 46.9 Å². The molecule has 3 heteroatoms. The van der Waals surface area contributed by atoms with Crippen molar-refractivity contribution in [1.82, 2.24) is 9.80 Å². The normalized spacial score (nSPS) is 17.5. The highest BCUT2D eigenvalue weighted by Crippen LogP contribution is 2.38. The predicted octanol–water partition coefficient (Wildman–Crippen LogP) is 4.47. The highest BCUT2D eigenvalue weighted by Gasteiger charge is 2.25. The molecule has 0 unspecified atom stereocenters. The molecule has 0 N–H and O–H groups in total. The van der Waals surface area contributed by atoms with E-state index >= 15 is 0 Å². The Labute approximate surface area is 161 Å². The lowest BCUT2D eigenvalue weighted by atomic mass is 9.78. The van der Waals surface area contributed by atoms with Crippen molar-refractivity contribution in [3.8, 4) is 5.75 Å². The van der Waals surface area contributed by atoms with Crippen molar-refractivity contribution in [2.45, 2.75) is 65.2 Å². The smallest absolute Gasteiger partial charge is 0.125 e. The molecule has 1 aromatic rings. The number of likely N-dealkylation sites (N-methyl/N-ethyl adjacent to an activating group) is 1. The summed E-state index contributed by atoms with van der Waals surface area (Å²) in [4.78, 5) is 5.02. The minimum Gasteiger partial charge on any atom is -0.496 e. The van der Waals surface area contributed by atoms with Crippen LogP contribution < -0.4 is 4.74 Å². The zero-order chi connectivity index (χ0) is 19.5. The topological polar surface area (TPSA) is 15.7 Å². The maximum Gasteiger partial charge on any atom is 0.125 e. The van der Waals surface area contributed by atoms with E-state index in [0.717, 1.165) is 12.2 Å². The second-order valence-electron chi connectivity index (χ2n) is 9.96. The maximum atomic E-state index is 5.91. The minimum absolute atomic E-state index is 0.0822. The molecule has 148 valence electrons. The first-order valence-electron chi connectivity index (χ1n) is 10.1. The number of nitrogens with zero attached hydrogens (tertiary/aromatic N) is 2. The number of hydrogen-bond acceptors (Lipinski definition) is 3. The molecule has 1 fully saturated rings. The summed E-state index contributed by atoms with van der Waals surface area (Å²) >= 11 is 0. The van der Waals surface area contributed by atoms with Gasteiger partial charge in [-0.25, -0.2) is 0 Å². The van der Waals surface area contributed by atoms with Gasteiger partial charge in [0.15, 0.2) is 0 Å². The lowest BCUT2D eigenvalue weighted by Crippen LogP contribution is -2.44. The van der Waals surface area contributed by atoms with Gasteiger partial charge in [-0.1, -0.05) is 53.7 Å². The molecule has 0 amide bonds. The summed E-state index contributed by atoms with van der Waals surface area (Å²) in [5.74, 6) is 1.10. The Morgan fingerprint density at radius 2 is 1.54 bits per heavy atom. The number of aryl methyl sites for hydroxylation is 1. The first-order valence-corrected chi connectivity index (χ1v) is 10.1. The summed E-state index contributed by atoms with van der Waals surface area (Å²) in [6, 6.07) is 4.75. The fourth-order valence-corrected chi connectivity index (χ4v) is 3.67. The maximum absolute atomic E-state index is 5.91. The Balaban J connectivity index is 2.20. The number of benzene rings is 1. The quantitative estimate of drug-likeness (QED) is 0.770. The van der Waals surface area contributed by atoms with Gasteiger partial charge in [0, 0.05) is 31.7 Å². The van der Waals surface area contributed by atoms with Crippen LogP contribution in [-0.4, -0.2) is 56.7 Å². The molecule has 0 atom stereocenters. The van der Waals surface area contributed by atoms with Gasteiger partial charge in [-0.2, -0.15) is 0 Å². The third kappa shape index (κ3) is 5.47. The summed E-state index contributed by atoms with van der Waals surface area (Å²) in [7, 11) is 4.04. The van der Waals surface area contributed by atoms with Crippen molar-refractivity contribution in [3.05, 3.63) is 28.8 Å². The number of hydrogen-bond donors (Lipinski definition) is 0. The van der Waals surface area contributed by atoms with E-state index in [9.17, 15) is 0 Å². The molecule has 1 saturated heterocycles. The molecule has 2 rings (SSSR count). The molecule has 0 saturated carbocycles. The number of ether oxygens (including phenoxy) is 1. The molecule has 1 aliphatic heterocycles. The molecule has 0 radical (unpaired) electrons. The summed E-state index contributed by atoms with van der Waals surface area (Å²) in [5.41, 5.74) is 4.36. The molecule has 1 aliphatic rings. The van der Waals surface area contributed by atoms with Crippen molar-refractivity contribution < 1.29 is 4.74 Å². The van der Waals surface area contributed by atoms with E-state index < -0.39 is 0 Å². The minimum atomic E-state index is 0.0822. The van der Waals surface area contributed by atoms with Crippen LogP contribution in [0.2, 0.25) is 0 Å². The standard InChI is InChI=1S/C23H40N2O/c1-22(2,3)19-16-18(21(26-8)20(17-19)23(4,5)6)10-9-11-25-14-12-24(7)13-15-25/h16-17H,9-15H2,1-8H3. The van der Waals surface area contributed by atoms with Crippen LogP contribution in [0.4, 0.5) is 0 Å². The van der Waals surface area contributed by atoms with E-state index in [0.29, 0.717) is 0 Å². The third-order valence-corrected chi connectivity index (χ3v) is 5.56. The van der Waals surface area contributed by atoms with Crippen LogP contribution in [-0.2, 0) is 17.3 Å². The SMILES string of the molecule is COc1c(CCCN2CCN(C)CC2)cc(C(C)(C)C)cc1C(C)(C)C. The van der Waals surface area contributed by atoms with Gasteiger partial charge in [0.05, 0.1) is 7.11 Å². The molecular weight excluding hydrogens is 320 g/mol. The van der Waals surface area contributed by atoms with Gasteiger partial charge in [0.1, 0.15) is 5.75 Å². The van der Waals surface area contributed by atoms with Gasteiger partial charge < -0.3 is 14.5 Å². The Hall–Kier alpha value is -1.06. The average molecular weight is 361 g/mol. The zero-order valence-corrected chi connectivity index (χ0v) is 18.4. The van der Waals surface area contributed by atoms with Crippen LogP contribution >= 0.6 is 0 Å². The number of piperazine rings is 1. The van der Waals surface area contributed by atoms with Crippen LogP contribution in [0.25, 0.3) is 0 Å². The van der Waals surface area contributed by atoms with Crippen LogP contribution in [0.3, 0.4) is 0 Å². The fourth-order valence-electron chi connectivity index (χ4n) is 3.67. The largest absolute Gasteiger partial charge is 0.496 e. The van der Waals surface area contributed by atoms with Crippen molar-refractivity contribution >= 4 is 0 Å². The highest BCUT2D eigenvalue weighted by molar-refractivity contribution is 5.49. The van der Waals surface area contributed by atoms with Gasteiger partial charge in [-0.05, 0) is 48.4 Å². The summed E-state index contributed by atoms with van der Waals surface area (Å²) in [6.07, 6.45) is 2.28. The van der Waals surface area contributed by atoms with Crippen molar-refractivity contribution in [2.24, 2.45) is 0 Å². The number of rotatable bonds is 5. The second-order valence-corrected chi connectivity index (χ2v) is 9.96. The first kappa shape index (κ1) is 21.2. The lowest BCUT2D eigenvalue weighted by molar-refractivity contribution is 0.153. The van der Waals surface area contributed by atoms with Crippen LogP contribution in [0.1, 0.15) is 64.7 Å². The van der Waals surface area contributed by atoms with Gasteiger partial charge in [-0.3, -0.25) is 0 Å². The van der Waals surface area contributed by atoms with Crippen molar-refractivity contribution in [1.29, 1.82) is 0 Å². The summed E-state index contributed by atoms with van der Waals surface area (Å²) in [6.45, 7) is 19.7. The Morgan fingerprint density at radius 1 is 0.923 bits per heavy atom. The third-order valence-electron chi connectivity index (χ3n) is 5.56. The molecule has 0 aromatic heterocycles. The van der Waals surface area contributed by atoms with E-state index in [1.54, 1.807) is 0 Å². The molecule has 26 heavy (non-hydrogen) atoms. The first-order chi connectivity index (χ1) is 12.0. The Kier molecular flexibility index (Phi) is 6.79. The van der Waals surface area contributed by atoms with Gasteiger partial charge in [0.25, 0.3) is 0 Å². The summed E-state index contributed by atoms with van der Waals surface area (Å²) < 4.78 is 5.91. The Bertz CT molecular complexity index is 587. The summed E-state index contributed by atoms with van der Waals surface area (Å²) in [5, 5.41) is 0. The fraction of sp³-hybridized carbons (Fsp3) is 0.739. The highest BCUT2D eigenvalue weighted by atomic mass is 16.5.